The van der Waals surface area contributed by atoms with Crippen molar-refractivity contribution in [3.8, 4) is 28.4 Å². The second-order valence-electron chi connectivity index (χ2n) is 5.45. The maximum Gasteiger partial charge on any atom is 0.387 e. The predicted molar refractivity (Wildman–Crippen MR) is 91.8 cm³/mol. The fourth-order valence-electron chi connectivity index (χ4n) is 2.74. The van der Waals surface area contributed by atoms with Gasteiger partial charge in [0.25, 0.3) is 0 Å². The van der Waals surface area contributed by atoms with Gasteiger partial charge in [-0.05, 0) is 31.2 Å². The molecule has 1 heterocycles. The third-order valence-corrected chi connectivity index (χ3v) is 4.08. The lowest BCUT2D eigenvalue weighted by Crippen LogP contribution is -2.05. The van der Waals surface area contributed by atoms with Gasteiger partial charge < -0.3 is 9.47 Å². The Hall–Kier alpha value is -2.74. The Kier molecular flexibility index (Phi) is 5.27. The number of aryl methyl sites for hydroxylation is 1. The van der Waals surface area contributed by atoms with Crippen LogP contribution in [0.4, 0.5) is 17.6 Å². The van der Waals surface area contributed by atoms with Gasteiger partial charge in [-0.1, -0.05) is 17.7 Å². The number of hydrogen-bond acceptors (Lipinski definition) is 3. The molecule has 2 aromatic carbocycles. The second-order valence-corrected chi connectivity index (χ2v) is 5.81. The molecule has 0 radical (unpaired) electrons. The van der Waals surface area contributed by atoms with Gasteiger partial charge in [-0.2, -0.15) is 8.78 Å². The highest BCUT2D eigenvalue weighted by Gasteiger charge is 2.25. The molecular weight excluding hydrogens is 388 g/mol. The van der Waals surface area contributed by atoms with Crippen molar-refractivity contribution in [3.63, 3.8) is 0 Å². The summed E-state index contributed by atoms with van der Waals surface area (Å²) in [6.45, 7) is -1.45. The third kappa shape index (κ3) is 3.57. The third-order valence-electron chi connectivity index (χ3n) is 3.82. The topological polar surface area (TPSA) is 36.3 Å². The summed E-state index contributed by atoms with van der Waals surface area (Å²) in [5.41, 5.74) is -0.223. The fraction of sp³-hybridized carbons (Fsp3) is 0.167. The van der Waals surface area contributed by atoms with Crippen LogP contribution >= 0.6 is 11.6 Å². The van der Waals surface area contributed by atoms with E-state index in [1.807, 2.05) is 0 Å². The smallest absolute Gasteiger partial charge is 0.387 e. The zero-order valence-electron chi connectivity index (χ0n) is 14.1. The molecule has 0 bridgehead atoms. The summed E-state index contributed by atoms with van der Waals surface area (Å²) in [6, 6.07) is 7.81. The lowest BCUT2D eigenvalue weighted by molar-refractivity contribution is -0.0498. The molecule has 27 heavy (non-hydrogen) atoms. The number of hydrogen-bond donors (Lipinski definition) is 0. The molecule has 0 aliphatic carbocycles. The molecule has 9 heteroatoms. The highest BCUT2D eigenvalue weighted by atomic mass is 35.5. The van der Waals surface area contributed by atoms with E-state index in [1.54, 1.807) is 13.0 Å². The number of benzene rings is 2. The molecule has 0 saturated carbocycles. The first-order valence-corrected chi connectivity index (χ1v) is 8.03. The maximum absolute atomic E-state index is 14.8. The van der Waals surface area contributed by atoms with Crippen LogP contribution < -0.4 is 9.47 Å². The van der Waals surface area contributed by atoms with E-state index >= 15 is 0 Å². The van der Waals surface area contributed by atoms with Gasteiger partial charge in [0.2, 0.25) is 0 Å². The summed E-state index contributed by atoms with van der Waals surface area (Å²) in [7, 11) is 1.25. The number of aromatic nitrogens is 2. The Morgan fingerprint density at radius 3 is 2.56 bits per heavy atom. The SMILES string of the molecule is COc1ccc(F)c(-c2c(Cl)nc(C)n2-c2cccc(OC(F)F)c2)c1F. The summed E-state index contributed by atoms with van der Waals surface area (Å²) >= 11 is 6.14. The van der Waals surface area contributed by atoms with Crippen LogP contribution in [0.25, 0.3) is 16.9 Å². The van der Waals surface area contributed by atoms with Crippen molar-refractivity contribution in [2.24, 2.45) is 0 Å². The van der Waals surface area contributed by atoms with Gasteiger partial charge in [0.15, 0.2) is 16.7 Å². The van der Waals surface area contributed by atoms with Crippen LogP contribution in [0.1, 0.15) is 5.82 Å². The van der Waals surface area contributed by atoms with E-state index < -0.39 is 23.8 Å². The molecule has 0 spiro atoms. The number of ether oxygens (including phenoxy) is 2. The molecule has 3 rings (SSSR count). The van der Waals surface area contributed by atoms with Crippen LogP contribution in [0, 0.1) is 18.6 Å². The van der Waals surface area contributed by atoms with Crippen molar-refractivity contribution >= 4 is 11.6 Å². The van der Waals surface area contributed by atoms with E-state index in [0.717, 1.165) is 12.1 Å². The van der Waals surface area contributed by atoms with Gasteiger partial charge in [0.05, 0.1) is 24.1 Å². The number of halogens is 5. The van der Waals surface area contributed by atoms with Crippen LogP contribution in [0.3, 0.4) is 0 Å². The van der Waals surface area contributed by atoms with Crippen LogP contribution in [-0.2, 0) is 0 Å². The molecule has 0 fully saturated rings. The minimum atomic E-state index is -3.01. The first kappa shape index (κ1) is 19.0. The van der Waals surface area contributed by atoms with Gasteiger partial charge in [-0.15, -0.1) is 0 Å². The highest BCUT2D eigenvalue weighted by Crippen LogP contribution is 2.38. The lowest BCUT2D eigenvalue weighted by Gasteiger charge is -2.14. The monoisotopic (exact) mass is 400 g/mol. The number of rotatable bonds is 5. The van der Waals surface area contributed by atoms with Gasteiger partial charge in [-0.3, -0.25) is 4.57 Å². The molecule has 0 saturated heterocycles. The predicted octanol–water partition coefficient (Wildman–Crippen LogP) is 5.39. The lowest BCUT2D eigenvalue weighted by atomic mass is 10.1. The van der Waals surface area contributed by atoms with E-state index in [4.69, 9.17) is 16.3 Å². The molecule has 142 valence electrons. The molecule has 0 aliphatic heterocycles. The quantitative estimate of drug-likeness (QED) is 0.539. The Bertz CT molecular complexity index is 992. The van der Waals surface area contributed by atoms with E-state index in [0.29, 0.717) is 11.5 Å². The average molecular weight is 401 g/mol. The van der Waals surface area contributed by atoms with Crippen molar-refractivity contribution in [1.82, 2.24) is 9.55 Å². The van der Waals surface area contributed by atoms with E-state index in [-0.39, 0.29) is 22.3 Å². The Labute approximate surface area is 156 Å². The zero-order chi connectivity index (χ0) is 19.7. The normalized spacial score (nSPS) is 11.1. The van der Waals surface area contributed by atoms with Crippen molar-refractivity contribution < 1.29 is 27.0 Å². The van der Waals surface area contributed by atoms with Gasteiger partial charge in [-0.25, -0.2) is 13.8 Å². The van der Waals surface area contributed by atoms with Crippen molar-refractivity contribution in [2.45, 2.75) is 13.5 Å². The van der Waals surface area contributed by atoms with Gasteiger partial charge >= 0.3 is 6.61 Å². The second kappa shape index (κ2) is 7.48. The van der Waals surface area contributed by atoms with Crippen LogP contribution in [0.2, 0.25) is 5.15 Å². The van der Waals surface area contributed by atoms with Crippen molar-refractivity contribution in [3.05, 3.63) is 59.0 Å². The van der Waals surface area contributed by atoms with E-state index in [1.165, 1.54) is 29.9 Å². The molecular formula is C18H13ClF4N2O2. The molecule has 0 amide bonds. The summed E-state index contributed by atoms with van der Waals surface area (Å²) in [5, 5.41) is -0.154. The minimum absolute atomic E-state index is 0.0720. The zero-order valence-corrected chi connectivity index (χ0v) is 14.9. The summed E-state index contributed by atoms with van der Waals surface area (Å²) in [5.74, 6) is -1.84. The number of imidazole rings is 1. The largest absolute Gasteiger partial charge is 0.494 e. The summed E-state index contributed by atoms with van der Waals surface area (Å²) < 4.78 is 64.9. The number of alkyl halides is 2. The standard InChI is InChI=1S/C18H13ClF4N2O2/c1-9-24-17(19)16(14-12(20)6-7-13(26-2)15(14)21)25(9)10-4-3-5-11(8-10)27-18(22)23/h3-8,18H,1-2H3. The molecule has 0 unspecified atom stereocenters. The average Bonchev–Trinajstić information content (AvgIpc) is 2.89. The Morgan fingerprint density at radius 2 is 1.89 bits per heavy atom. The maximum atomic E-state index is 14.8. The fourth-order valence-corrected chi connectivity index (χ4v) is 3.04. The van der Waals surface area contributed by atoms with Crippen LogP contribution in [0.5, 0.6) is 11.5 Å². The molecule has 3 aromatic rings. The van der Waals surface area contributed by atoms with Crippen molar-refractivity contribution in [2.75, 3.05) is 7.11 Å². The van der Waals surface area contributed by atoms with Crippen LogP contribution in [0.15, 0.2) is 36.4 Å². The molecule has 0 atom stereocenters. The van der Waals surface area contributed by atoms with E-state index in [9.17, 15) is 17.6 Å². The Morgan fingerprint density at radius 1 is 1.15 bits per heavy atom. The number of methoxy groups -OCH3 is 1. The van der Waals surface area contributed by atoms with Crippen molar-refractivity contribution in [1.29, 1.82) is 0 Å². The first-order chi connectivity index (χ1) is 12.8. The summed E-state index contributed by atoms with van der Waals surface area (Å²) in [6.07, 6.45) is 0. The molecule has 4 nitrogen and oxygen atoms in total. The Balaban J connectivity index is 2.25. The van der Waals surface area contributed by atoms with Gasteiger partial charge in [0, 0.05) is 6.07 Å². The molecule has 1 aromatic heterocycles. The number of nitrogens with zero attached hydrogens (tertiary/aromatic N) is 2. The molecule has 0 N–H and O–H groups in total. The van der Waals surface area contributed by atoms with E-state index in [2.05, 4.69) is 9.72 Å². The summed E-state index contributed by atoms with van der Waals surface area (Å²) in [4.78, 5) is 4.06. The molecule has 0 aliphatic rings. The van der Waals surface area contributed by atoms with Crippen LogP contribution in [-0.4, -0.2) is 23.3 Å². The minimum Gasteiger partial charge on any atom is -0.494 e. The highest BCUT2D eigenvalue weighted by molar-refractivity contribution is 6.32. The van der Waals surface area contributed by atoms with Gasteiger partial charge in [0.1, 0.15) is 17.4 Å². The first-order valence-electron chi connectivity index (χ1n) is 7.66.